The molecule has 0 radical (unpaired) electrons. The number of benzene rings is 1. The molecule has 1 heterocycles. The Bertz CT molecular complexity index is 717. The van der Waals surface area contributed by atoms with E-state index in [1.807, 2.05) is 0 Å². The minimum absolute atomic E-state index is 0.292. The zero-order valence-electron chi connectivity index (χ0n) is 13.3. The number of carbonyl (C=O) groups is 3. The lowest BCUT2D eigenvalue weighted by Gasteiger charge is -2.37. The third-order valence-corrected chi connectivity index (χ3v) is 3.83. The van der Waals surface area contributed by atoms with Gasteiger partial charge in [-0.2, -0.15) is 0 Å². The van der Waals surface area contributed by atoms with E-state index in [-0.39, 0.29) is 5.91 Å². The van der Waals surface area contributed by atoms with Crippen molar-refractivity contribution in [3.63, 3.8) is 0 Å². The molecule has 2 rings (SSSR count). The van der Waals surface area contributed by atoms with Gasteiger partial charge in [-0.1, -0.05) is 23.7 Å². The van der Waals surface area contributed by atoms with E-state index in [0.717, 1.165) is 4.90 Å². The highest BCUT2D eigenvalue weighted by atomic mass is 35.5. The summed E-state index contributed by atoms with van der Waals surface area (Å²) in [5.74, 6) is -1.54. The topological polar surface area (TPSA) is 98.7 Å². The van der Waals surface area contributed by atoms with Crippen molar-refractivity contribution in [2.24, 2.45) is 0 Å². The van der Waals surface area contributed by atoms with Crippen molar-refractivity contribution >= 4 is 29.5 Å². The minimum Gasteiger partial charge on any atom is -0.480 e. The number of carbonyl (C=O) groups excluding carboxylic acids is 2. The summed E-state index contributed by atoms with van der Waals surface area (Å²) in [6.45, 7) is 3.25. The largest absolute Gasteiger partial charge is 0.480 e. The van der Waals surface area contributed by atoms with Crippen LogP contribution in [-0.4, -0.2) is 41.0 Å². The summed E-state index contributed by atoms with van der Waals surface area (Å²) in [6, 6.07) is 5.27. The van der Waals surface area contributed by atoms with E-state index < -0.39 is 24.6 Å². The molecule has 0 aromatic heterocycles. The number of carboxylic acid groups (broad SMARTS) is 1. The molecule has 7 nitrogen and oxygen atoms in total. The molecular weight excluding hydrogens is 334 g/mol. The predicted molar refractivity (Wildman–Crippen MR) is 88.5 cm³/mol. The first-order valence-electron chi connectivity index (χ1n) is 7.39. The Morgan fingerprint density at radius 2 is 2.12 bits per heavy atom. The Kier molecular flexibility index (Phi) is 5.46. The van der Waals surface area contributed by atoms with E-state index in [1.165, 1.54) is 0 Å². The van der Waals surface area contributed by atoms with Crippen LogP contribution in [0, 0.1) is 0 Å². The van der Waals surface area contributed by atoms with Crippen LogP contribution in [0.5, 0.6) is 0 Å². The first-order chi connectivity index (χ1) is 11.3. The number of urea groups is 1. The van der Waals surface area contributed by atoms with Gasteiger partial charge in [-0.3, -0.25) is 9.59 Å². The summed E-state index contributed by atoms with van der Waals surface area (Å²) in [4.78, 5) is 37.1. The Balaban J connectivity index is 2.59. The second-order valence-corrected chi connectivity index (χ2v) is 5.74. The molecule has 24 heavy (non-hydrogen) atoms. The van der Waals surface area contributed by atoms with E-state index in [1.54, 1.807) is 38.1 Å². The smallest absolute Gasteiger partial charge is 0.323 e. The molecule has 0 bridgehead atoms. The minimum atomic E-state index is -1.17. The van der Waals surface area contributed by atoms with Gasteiger partial charge in [0.25, 0.3) is 5.91 Å². The molecule has 0 aliphatic carbocycles. The second kappa shape index (κ2) is 7.35. The first-order valence-corrected chi connectivity index (χ1v) is 7.76. The van der Waals surface area contributed by atoms with Gasteiger partial charge in [-0.05, 0) is 31.5 Å². The molecule has 1 atom stereocenters. The summed E-state index contributed by atoms with van der Waals surface area (Å²) in [5.41, 5.74) is 1.25. The van der Waals surface area contributed by atoms with Gasteiger partial charge in [0.1, 0.15) is 6.54 Å². The van der Waals surface area contributed by atoms with Crippen molar-refractivity contribution in [2.75, 3.05) is 13.1 Å². The number of allylic oxidation sites excluding steroid dienone is 1. The SMILES string of the molecule is CCNC(=O)C1=C(C)NC(=O)N(CC(=O)O)C1c1cccc(Cl)c1. The summed E-state index contributed by atoms with van der Waals surface area (Å²) in [7, 11) is 0. The molecule has 128 valence electrons. The van der Waals surface area contributed by atoms with Crippen molar-refractivity contribution < 1.29 is 19.5 Å². The van der Waals surface area contributed by atoms with Gasteiger partial charge in [-0.15, -0.1) is 0 Å². The van der Waals surface area contributed by atoms with E-state index in [2.05, 4.69) is 10.6 Å². The van der Waals surface area contributed by atoms with Crippen LogP contribution in [0.4, 0.5) is 4.79 Å². The normalized spacial score (nSPS) is 17.5. The van der Waals surface area contributed by atoms with E-state index in [4.69, 9.17) is 16.7 Å². The molecule has 1 aromatic rings. The van der Waals surface area contributed by atoms with Crippen LogP contribution in [0.25, 0.3) is 0 Å². The molecule has 1 aliphatic rings. The van der Waals surface area contributed by atoms with Gasteiger partial charge < -0.3 is 20.6 Å². The molecular formula is C16H18ClN3O4. The molecule has 0 fully saturated rings. The number of carboxylic acids is 1. The fourth-order valence-electron chi connectivity index (χ4n) is 2.66. The van der Waals surface area contributed by atoms with Crippen molar-refractivity contribution in [2.45, 2.75) is 19.9 Å². The molecule has 3 amide bonds. The molecule has 0 saturated carbocycles. The van der Waals surface area contributed by atoms with Crippen LogP contribution in [0.15, 0.2) is 35.5 Å². The van der Waals surface area contributed by atoms with Gasteiger partial charge in [0, 0.05) is 17.3 Å². The third kappa shape index (κ3) is 3.68. The number of likely N-dealkylation sites (N-methyl/N-ethyl adjacent to an activating group) is 1. The van der Waals surface area contributed by atoms with Gasteiger partial charge in [0.15, 0.2) is 0 Å². The highest BCUT2D eigenvalue weighted by molar-refractivity contribution is 6.30. The quantitative estimate of drug-likeness (QED) is 0.754. The van der Waals surface area contributed by atoms with Crippen LogP contribution in [-0.2, 0) is 9.59 Å². The lowest BCUT2D eigenvalue weighted by atomic mass is 9.93. The van der Waals surface area contributed by atoms with Crippen molar-refractivity contribution in [3.05, 3.63) is 46.1 Å². The molecule has 1 aromatic carbocycles. The Morgan fingerprint density at radius 1 is 1.42 bits per heavy atom. The van der Waals surface area contributed by atoms with Gasteiger partial charge >= 0.3 is 12.0 Å². The van der Waals surface area contributed by atoms with Gasteiger partial charge in [-0.25, -0.2) is 4.79 Å². The second-order valence-electron chi connectivity index (χ2n) is 5.31. The maximum atomic E-state index is 12.5. The monoisotopic (exact) mass is 351 g/mol. The highest BCUT2D eigenvalue weighted by Crippen LogP contribution is 2.34. The van der Waals surface area contributed by atoms with E-state index >= 15 is 0 Å². The van der Waals surface area contributed by atoms with E-state index in [9.17, 15) is 14.4 Å². The molecule has 0 saturated heterocycles. The Labute approximate surface area is 144 Å². The number of hydrogen-bond donors (Lipinski definition) is 3. The average molecular weight is 352 g/mol. The molecule has 0 spiro atoms. The van der Waals surface area contributed by atoms with Crippen LogP contribution in [0.3, 0.4) is 0 Å². The predicted octanol–water partition coefficient (Wildman–Crippen LogP) is 1.90. The zero-order valence-corrected chi connectivity index (χ0v) is 14.1. The molecule has 3 N–H and O–H groups in total. The number of hydrogen-bond acceptors (Lipinski definition) is 3. The number of halogens is 1. The van der Waals surface area contributed by atoms with Crippen molar-refractivity contribution in [1.82, 2.24) is 15.5 Å². The molecule has 8 heteroatoms. The number of amides is 3. The number of aliphatic carboxylic acids is 1. The van der Waals surface area contributed by atoms with Crippen LogP contribution < -0.4 is 10.6 Å². The van der Waals surface area contributed by atoms with Crippen molar-refractivity contribution in [1.29, 1.82) is 0 Å². The highest BCUT2D eigenvalue weighted by Gasteiger charge is 2.38. The third-order valence-electron chi connectivity index (χ3n) is 3.60. The van der Waals surface area contributed by atoms with Crippen molar-refractivity contribution in [3.8, 4) is 0 Å². The number of rotatable bonds is 5. The maximum Gasteiger partial charge on any atom is 0.323 e. The maximum absolute atomic E-state index is 12.5. The Hall–Kier alpha value is -2.54. The fourth-order valence-corrected chi connectivity index (χ4v) is 2.86. The lowest BCUT2D eigenvalue weighted by molar-refractivity contribution is -0.138. The van der Waals surface area contributed by atoms with Crippen LogP contribution in [0.1, 0.15) is 25.5 Å². The molecule has 1 aliphatic heterocycles. The van der Waals surface area contributed by atoms with Gasteiger partial charge in [0.05, 0.1) is 11.6 Å². The van der Waals surface area contributed by atoms with Gasteiger partial charge in [0.2, 0.25) is 0 Å². The number of nitrogens with zero attached hydrogens (tertiary/aromatic N) is 1. The average Bonchev–Trinajstić information content (AvgIpc) is 2.49. The lowest BCUT2D eigenvalue weighted by Crippen LogP contribution is -2.51. The molecule has 1 unspecified atom stereocenters. The summed E-state index contributed by atoms with van der Waals surface area (Å²) >= 11 is 6.03. The zero-order chi connectivity index (χ0) is 17.9. The van der Waals surface area contributed by atoms with Crippen LogP contribution >= 0.6 is 11.6 Å². The summed E-state index contributed by atoms with van der Waals surface area (Å²) in [5, 5.41) is 14.8. The first kappa shape index (κ1) is 17.8. The fraction of sp³-hybridized carbons (Fsp3) is 0.312. The number of nitrogens with one attached hydrogen (secondary N) is 2. The summed E-state index contributed by atoms with van der Waals surface area (Å²) < 4.78 is 0. The summed E-state index contributed by atoms with van der Waals surface area (Å²) in [6.07, 6.45) is 0. The Morgan fingerprint density at radius 3 is 2.71 bits per heavy atom. The standard InChI is InChI=1S/C16H18ClN3O4/c1-3-18-15(23)13-9(2)19-16(24)20(8-12(21)22)14(13)10-5-4-6-11(17)7-10/h4-7,14H,3,8H2,1-2H3,(H,18,23)(H,19,24)(H,21,22). The van der Waals surface area contributed by atoms with E-state index in [0.29, 0.717) is 28.4 Å². The van der Waals surface area contributed by atoms with Crippen LogP contribution in [0.2, 0.25) is 5.02 Å².